The van der Waals surface area contributed by atoms with Gasteiger partial charge in [-0.3, -0.25) is 4.79 Å². The molecule has 4 heteroatoms. The Hall–Kier alpha value is -1.06. The van der Waals surface area contributed by atoms with Crippen LogP contribution in [-0.4, -0.2) is 19.0 Å². The van der Waals surface area contributed by atoms with Gasteiger partial charge in [0.1, 0.15) is 0 Å². The lowest BCUT2D eigenvalue weighted by molar-refractivity contribution is -0.125. The lowest BCUT2D eigenvalue weighted by Crippen LogP contribution is -2.38. The summed E-state index contributed by atoms with van der Waals surface area (Å²) in [7, 11) is 0. The summed E-state index contributed by atoms with van der Waals surface area (Å²) in [6.07, 6.45) is 1.60. The number of halogens is 1. The molecular formula is C16H25ClN2O. The number of rotatable bonds is 6. The zero-order valence-corrected chi connectivity index (χ0v) is 13.3. The second-order valence-electron chi connectivity index (χ2n) is 6.36. The van der Waals surface area contributed by atoms with Crippen molar-refractivity contribution < 1.29 is 4.79 Å². The van der Waals surface area contributed by atoms with Gasteiger partial charge in [-0.15, -0.1) is 0 Å². The van der Waals surface area contributed by atoms with Gasteiger partial charge in [0.15, 0.2) is 0 Å². The zero-order valence-electron chi connectivity index (χ0n) is 12.6. The fraction of sp³-hybridized carbons (Fsp3) is 0.562. The molecular weight excluding hydrogens is 272 g/mol. The monoisotopic (exact) mass is 296 g/mol. The topological polar surface area (TPSA) is 55.1 Å². The van der Waals surface area contributed by atoms with Gasteiger partial charge in [0, 0.05) is 18.1 Å². The number of carbonyl (C=O) groups excluding carboxylic acids is 1. The van der Waals surface area contributed by atoms with Crippen LogP contribution in [0.25, 0.3) is 0 Å². The van der Waals surface area contributed by atoms with Crippen LogP contribution in [0.1, 0.15) is 32.8 Å². The molecule has 0 radical (unpaired) electrons. The van der Waals surface area contributed by atoms with Crippen LogP contribution in [0, 0.1) is 11.3 Å². The minimum atomic E-state index is -0.111. The van der Waals surface area contributed by atoms with Crippen LogP contribution in [0.3, 0.4) is 0 Å². The number of hydrogen-bond acceptors (Lipinski definition) is 2. The number of nitrogens with two attached hydrogens (primary N) is 1. The highest BCUT2D eigenvalue weighted by molar-refractivity contribution is 6.30. The number of benzene rings is 1. The molecule has 1 aromatic rings. The maximum atomic E-state index is 12.1. The molecule has 0 aliphatic rings. The van der Waals surface area contributed by atoms with Crippen molar-refractivity contribution in [2.24, 2.45) is 17.1 Å². The predicted octanol–water partition coefficient (Wildman–Crippen LogP) is 3.01. The van der Waals surface area contributed by atoms with E-state index in [0.717, 1.165) is 23.4 Å². The van der Waals surface area contributed by atoms with Gasteiger partial charge in [-0.05, 0) is 36.0 Å². The van der Waals surface area contributed by atoms with Crippen LogP contribution in [0.5, 0.6) is 0 Å². The quantitative estimate of drug-likeness (QED) is 0.848. The van der Waals surface area contributed by atoms with Crippen molar-refractivity contribution in [2.75, 3.05) is 13.1 Å². The van der Waals surface area contributed by atoms with Crippen LogP contribution < -0.4 is 11.1 Å². The molecule has 0 saturated heterocycles. The molecule has 3 nitrogen and oxygen atoms in total. The Balaban J connectivity index is 2.40. The van der Waals surface area contributed by atoms with Crippen molar-refractivity contribution in [3.05, 3.63) is 34.9 Å². The third kappa shape index (κ3) is 6.40. The fourth-order valence-electron chi connectivity index (χ4n) is 2.15. The standard InChI is InChI=1S/C16H25ClN2O/c1-16(2,3)10-13(11-18)15(20)19-9-8-12-4-6-14(17)7-5-12/h4-7,13H,8-11,18H2,1-3H3,(H,19,20). The van der Waals surface area contributed by atoms with Gasteiger partial charge in [-0.25, -0.2) is 0 Å². The molecule has 0 aliphatic heterocycles. The Morgan fingerprint density at radius 2 is 1.90 bits per heavy atom. The van der Waals surface area contributed by atoms with Crippen LogP contribution in [0.2, 0.25) is 5.02 Å². The minimum Gasteiger partial charge on any atom is -0.355 e. The summed E-state index contributed by atoms with van der Waals surface area (Å²) in [5.41, 5.74) is 6.98. The van der Waals surface area contributed by atoms with Gasteiger partial charge in [0.05, 0.1) is 5.92 Å². The van der Waals surface area contributed by atoms with Crippen molar-refractivity contribution >= 4 is 17.5 Å². The van der Waals surface area contributed by atoms with Crippen molar-refractivity contribution in [3.8, 4) is 0 Å². The van der Waals surface area contributed by atoms with Gasteiger partial charge >= 0.3 is 0 Å². The first-order valence-corrected chi connectivity index (χ1v) is 7.42. The summed E-state index contributed by atoms with van der Waals surface area (Å²) < 4.78 is 0. The summed E-state index contributed by atoms with van der Waals surface area (Å²) >= 11 is 5.83. The molecule has 112 valence electrons. The van der Waals surface area contributed by atoms with E-state index < -0.39 is 0 Å². The molecule has 1 amide bonds. The maximum absolute atomic E-state index is 12.1. The van der Waals surface area contributed by atoms with Gasteiger partial charge < -0.3 is 11.1 Å². The molecule has 1 atom stereocenters. The second-order valence-corrected chi connectivity index (χ2v) is 6.80. The molecule has 1 rings (SSSR count). The lowest BCUT2D eigenvalue weighted by atomic mass is 9.84. The zero-order chi connectivity index (χ0) is 15.2. The first kappa shape index (κ1) is 17.0. The largest absolute Gasteiger partial charge is 0.355 e. The summed E-state index contributed by atoms with van der Waals surface area (Å²) in [5.74, 6) is -0.0587. The Morgan fingerprint density at radius 1 is 1.30 bits per heavy atom. The average molecular weight is 297 g/mol. The van der Waals surface area contributed by atoms with E-state index in [4.69, 9.17) is 17.3 Å². The highest BCUT2D eigenvalue weighted by Crippen LogP contribution is 2.23. The SMILES string of the molecule is CC(C)(C)CC(CN)C(=O)NCCc1ccc(Cl)cc1. The molecule has 0 spiro atoms. The molecule has 0 aromatic heterocycles. The Kier molecular flexibility index (Phi) is 6.50. The van der Waals surface area contributed by atoms with E-state index in [9.17, 15) is 4.79 Å². The molecule has 0 fully saturated rings. The number of carbonyl (C=O) groups is 1. The van der Waals surface area contributed by atoms with E-state index in [1.54, 1.807) is 0 Å². The Bertz CT molecular complexity index is 423. The molecule has 0 aliphatic carbocycles. The van der Waals surface area contributed by atoms with Gasteiger partial charge in [0.2, 0.25) is 5.91 Å². The molecule has 0 heterocycles. The van der Waals surface area contributed by atoms with E-state index in [0.29, 0.717) is 13.1 Å². The van der Waals surface area contributed by atoms with Crippen LogP contribution in [0.4, 0.5) is 0 Å². The molecule has 3 N–H and O–H groups in total. The molecule has 0 saturated carbocycles. The summed E-state index contributed by atoms with van der Waals surface area (Å²) in [4.78, 5) is 12.1. The minimum absolute atomic E-state index is 0.0522. The lowest BCUT2D eigenvalue weighted by Gasteiger charge is -2.24. The van der Waals surface area contributed by atoms with Crippen molar-refractivity contribution in [1.82, 2.24) is 5.32 Å². The van der Waals surface area contributed by atoms with Crippen LogP contribution in [0.15, 0.2) is 24.3 Å². The Morgan fingerprint density at radius 3 is 2.40 bits per heavy atom. The van der Waals surface area contributed by atoms with Gasteiger partial charge in [-0.2, -0.15) is 0 Å². The van der Waals surface area contributed by atoms with Crippen molar-refractivity contribution in [1.29, 1.82) is 0 Å². The summed E-state index contributed by atoms with van der Waals surface area (Å²) in [6.45, 7) is 7.38. The second kappa shape index (κ2) is 7.65. The summed E-state index contributed by atoms with van der Waals surface area (Å²) in [6, 6.07) is 7.68. The van der Waals surface area contributed by atoms with E-state index in [2.05, 4.69) is 26.1 Å². The molecule has 20 heavy (non-hydrogen) atoms. The highest BCUT2D eigenvalue weighted by atomic mass is 35.5. The molecule has 1 aromatic carbocycles. The molecule has 0 bridgehead atoms. The van der Waals surface area contributed by atoms with Crippen molar-refractivity contribution in [2.45, 2.75) is 33.6 Å². The van der Waals surface area contributed by atoms with Crippen LogP contribution >= 0.6 is 11.6 Å². The smallest absolute Gasteiger partial charge is 0.224 e. The fourth-order valence-corrected chi connectivity index (χ4v) is 2.27. The third-order valence-electron chi connectivity index (χ3n) is 3.14. The first-order chi connectivity index (χ1) is 9.31. The van der Waals surface area contributed by atoms with Crippen LogP contribution in [-0.2, 0) is 11.2 Å². The first-order valence-electron chi connectivity index (χ1n) is 7.04. The summed E-state index contributed by atoms with van der Waals surface area (Å²) in [5, 5.41) is 3.70. The number of hydrogen-bond donors (Lipinski definition) is 2. The maximum Gasteiger partial charge on any atom is 0.224 e. The van der Waals surface area contributed by atoms with Gasteiger partial charge in [-0.1, -0.05) is 44.5 Å². The van der Waals surface area contributed by atoms with E-state index >= 15 is 0 Å². The van der Waals surface area contributed by atoms with Crippen molar-refractivity contribution in [3.63, 3.8) is 0 Å². The third-order valence-corrected chi connectivity index (χ3v) is 3.39. The van der Waals surface area contributed by atoms with Gasteiger partial charge in [0.25, 0.3) is 0 Å². The normalized spacial score (nSPS) is 13.1. The molecule has 1 unspecified atom stereocenters. The van der Waals surface area contributed by atoms with E-state index in [-0.39, 0.29) is 17.2 Å². The van der Waals surface area contributed by atoms with E-state index in [1.807, 2.05) is 24.3 Å². The highest BCUT2D eigenvalue weighted by Gasteiger charge is 2.23. The number of nitrogens with one attached hydrogen (secondary N) is 1. The van der Waals surface area contributed by atoms with E-state index in [1.165, 1.54) is 0 Å². The number of amides is 1. The Labute approximate surface area is 126 Å². The average Bonchev–Trinajstić information content (AvgIpc) is 2.37. The predicted molar refractivity (Wildman–Crippen MR) is 84.8 cm³/mol.